The van der Waals surface area contributed by atoms with Crippen molar-refractivity contribution >= 4 is 17.6 Å². The summed E-state index contributed by atoms with van der Waals surface area (Å²) in [6.07, 6.45) is 4.62. The molecule has 1 amide bonds. The second kappa shape index (κ2) is 9.06. The fourth-order valence-electron chi connectivity index (χ4n) is 3.93. The van der Waals surface area contributed by atoms with Gasteiger partial charge in [-0.1, -0.05) is 25.1 Å². The third-order valence-electron chi connectivity index (χ3n) is 5.50. The maximum Gasteiger partial charge on any atom is 0.354 e. The molecule has 0 radical (unpaired) electrons. The summed E-state index contributed by atoms with van der Waals surface area (Å²) in [5.74, 6) is -0.282. The molecule has 0 bridgehead atoms. The summed E-state index contributed by atoms with van der Waals surface area (Å²) in [5.41, 5.74) is 3.79. The van der Waals surface area contributed by atoms with Gasteiger partial charge in [0, 0.05) is 31.0 Å². The minimum absolute atomic E-state index is 0.0265. The standard InChI is InChI=1S/C22H29N3O3/c1-4-17-8-5-7-16(2)21(17)23-20(26)15-24-13-10-18(11-14-24)25-12-6-9-19(25)22(27)28-3/h5-9,12,18H,4,10-11,13-15H2,1-3H3,(H,23,26). The quantitative estimate of drug-likeness (QED) is 0.777. The minimum atomic E-state index is -0.309. The fourth-order valence-corrected chi connectivity index (χ4v) is 3.93. The van der Waals surface area contributed by atoms with Crippen LogP contribution in [0.4, 0.5) is 5.69 Å². The number of ether oxygens (including phenoxy) is 1. The first-order valence-corrected chi connectivity index (χ1v) is 9.89. The van der Waals surface area contributed by atoms with Gasteiger partial charge in [-0.3, -0.25) is 9.69 Å². The molecular formula is C22H29N3O3. The van der Waals surface area contributed by atoms with Crippen LogP contribution in [0.25, 0.3) is 0 Å². The van der Waals surface area contributed by atoms with Crippen molar-refractivity contribution in [3.05, 3.63) is 53.3 Å². The van der Waals surface area contributed by atoms with Gasteiger partial charge in [0.1, 0.15) is 5.69 Å². The van der Waals surface area contributed by atoms with E-state index in [0.717, 1.165) is 49.2 Å². The first kappa shape index (κ1) is 20.1. The van der Waals surface area contributed by atoms with Crippen LogP contribution in [0.2, 0.25) is 0 Å². The number of amides is 1. The Labute approximate surface area is 166 Å². The van der Waals surface area contributed by atoms with E-state index in [1.807, 2.05) is 35.9 Å². The predicted octanol–water partition coefficient (Wildman–Crippen LogP) is 3.42. The fraction of sp³-hybridized carbons (Fsp3) is 0.455. The highest BCUT2D eigenvalue weighted by Gasteiger charge is 2.25. The zero-order valence-corrected chi connectivity index (χ0v) is 16.9. The van der Waals surface area contributed by atoms with E-state index in [4.69, 9.17) is 4.74 Å². The number of carbonyl (C=O) groups is 2. The van der Waals surface area contributed by atoms with E-state index in [1.54, 1.807) is 6.07 Å². The van der Waals surface area contributed by atoms with Crippen LogP contribution in [-0.2, 0) is 16.0 Å². The highest BCUT2D eigenvalue weighted by atomic mass is 16.5. The lowest BCUT2D eigenvalue weighted by molar-refractivity contribution is -0.117. The number of methoxy groups -OCH3 is 1. The molecule has 150 valence electrons. The van der Waals surface area contributed by atoms with Gasteiger partial charge in [0.25, 0.3) is 0 Å². The predicted molar refractivity (Wildman–Crippen MR) is 110 cm³/mol. The summed E-state index contributed by atoms with van der Waals surface area (Å²) >= 11 is 0. The van der Waals surface area contributed by atoms with Crippen LogP contribution in [0.1, 0.15) is 47.4 Å². The summed E-state index contributed by atoms with van der Waals surface area (Å²) in [6.45, 7) is 6.16. The number of rotatable bonds is 6. The van der Waals surface area contributed by atoms with Crippen molar-refractivity contribution in [1.82, 2.24) is 9.47 Å². The Morgan fingerprint density at radius 1 is 1.18 bits per heavy atom. The largest absolute Gasteiger partial charge is 0.464 e. The summed E-state index contributed by atoms with van der Waals surface area (Å²) in [6, 6.07) is 10.0. The maximum atomic E-state index is 12.6. The number of para-hydroxylation sites is 1. The number of nitrogens with zero attached hydrogens (tertiary/aromatic N) is 2. The Balaban J connectivity index is 1.56. The van der Waals surface area contributed by atoms with Crippen molar-refractivity contribution in [2.45, 2.75) is 39.2 Å². The average Bonchev–Trinajstić information content (AvgIpc) is 3.19. The van der Waals surface area contributed by atoms with Crippen LogP contribution in [0.3, 0.4) is 0 Å². The van der Waals surface area contributed by atoms with Crippen LogP contribution in [-0.4, -0.2) is 48.1 Å². The first-order chi connectivity index (χ1) is 13.5. The van der Waals surface area contributed by atoms with Gasteiger partial charge in [-0.05, 0) is 49.4 Å². The Morgan fingerprint density at radius 2 is 1.93 bits per heavy atom. The lowest BCUT2D eigenvalue weighted by atomic mass is 10.0. The molecule has 0 unspecified atom stereocenters. The molecule has 1 aromatic heterocycles. The molecule has 6 nitrogen and oxygen atoms in total. The molecule has 0 atom stereocenters. The smallest absolute Gasteiger partial charge is 0.354 e. The number of aromatic nitrogens is 1. The number of carbonyl (C=O) groups excluding carboxylic acids is 2. The van der Waals surface area contributed by atoms with Crippen LogP contribution in [0, 0.1) is 6.92 Å². The van der Waals surface area contributed by atoms with E-state index in [1.165, 1.54) is 7.11 Å². The zero-order valence-electron chi connectivity index (χ0n) is 16.9. The number of nitrogens with one attached hydrogen (secondary N) is 1. The number of hydrogen-bond acceptors (Lipinski definition) is 4. The molecule has 1 aliphatic rings. The minimum Gasteiger partial charge on any atom is -0.464 e. The van der Waals surface area contributed by atoms with Crippen molar-refractivity contribution in [2.75, 3.05) is 32.1 Å². The van der Waals surface area contributed by atoms with Gasteiger partial charge in [-0.15, -0.1) is 0 Å². The number of hydrogen-bond donors (Lipinski definition) is 1. The Kier molecular flexibility index (Phi) is 6.52. The second-order valence-corrected chi connectivity index (χ2v) is 7.31. The molecule has 1 aliphatic heterocycles. The molecular weight excluding hydrogens is 354 g/mol. The molecule has 28 heavy (non-hydrogen) atoms. The maximum absolute atomic E-state index is 12.6. The summed E-state index contributed by atoms with van der Waals surface area (Å²) in [7, 11) is 1.40. The summed E-state index contributed by atoms with van der Waals surface area (Å²) in [4.78, 5) is 26.6. The lowest BCUT2D eigenvalue weighted by Crippen LogP contribution is -2.40. The van der Waals surface area contributed by atoms with Gasteiger partial charge in [0.15, 0.2) is 0 Å². The number of aryl methyl sites for hydroxylation is 2. The molecule has 1 fully saturated rings. The molecule has 6 heteroatoms. The third kappa shape index (κ3) is 4.44. The van der Waals surface area contributed by atoms with Crippen molar-refractivity contribution in [3.8, 4) is 0 Å². The first-order valence-electron chi connectivity index (χ1n) is 9.89. The van der Waals surface area contributed by atoms with Gasteiger partial charge in [0.05, 0.1) is 13.7 Å². The Hall–Kier alpha value is -2.60. The van der Waals surface area contributed by atoms with E-state index >= 15 is 0 Å². The van der Waals surface area contributed by atoms with Crippen molar-refractivity contribution in [3.63, 3.8) is 0 Å². The highest BCUT2D eigenvalue weighted by molar-refractivity contribution is 5.93. The molecule has 0 saturated carbocycles. The van der Waals surface area contributed by atoms with Gasteiger partial charge in [-0.25, -0.2) is 4.79 Å². The normalized spacial score (nSPS) is 15.4. The van der Waals surface area contributed by atoms with Crippen molar-refractivity contribution in [2.24, 2.45) is 0 Å². The van der Waals surface area contributed by atoms with E-state index < -0.39 is 0 Å². The SMILES string of the molecule is CCc1cccc(C)c1NC(=O)CN1CCC(n2cccc2C(=O)OC)CC1. The van der Waals surface area contributed by atoms with Gasteiger partial charge >= 0.3 is 5.97 Å². The van der Waals surface area contributed by atoms with Crippen molar-refractivity contribution < 1.29 is 14.3 Å². The van der Waals surface area contributed by atoms with Crippen LogP contribution >= 0.6 is 0 Å². The number of likely N-dealkylation sites (tertiary alicyclic amines) is 1. The van der Waals surface area contributed by atoms with Gasteiger partial charge in [-0.2, -0.15) is 0 Å². The summed E-state index contributed by atoms with van der Waals surface area (Å²) < 4.78 is 6.87. The Bertz CT molecular complexity index is 835. The number of esters is 1. The van der Waals surface area contributed by atoms with Crippen LogP contribution in [0.15, 0.2) is 36.5 Å². The van der Waals surface area contributed by atoms with Gasteiger partial charge < -0.3 is 14.6 Å². The molecule has 2 heterocycles. The van der Waals surface area contributed by atoms with Crippen LogP contribution in [0.5, 0.6) is 0 Å². The van der Waals surface area contributed by atoms with E-state index in [2.05, 4.69) is 23.2 Å². The monoisotopic (exact) mass is 383 g/mol. The van der Waals surface area contributed by atoms with E-state index in [-0.39, 0.29) is 17.9 Å². The van der Waals surface area contributed by atoms with E-state index in [9.17, 15) is 9.59 Å². The number of piperidine rings is 1. The summed E-state index contributed by atoms with van der Waals surface area (Å²) in [5, 5.41) is 3.10. The van der Waals surface area contributed by atoms with Crippen molar-refractivity contribution in [1.29, 1.82) is 0 Å². The average molecular weight is 383 g/mol. The lowest BCUT2D eigenvalue weighted by Gasteiger charge is -2.33. The molecule has 0 spiro atoms. The molecule has 1 saturated heterocycles. The molecule has 0 aliphatic carbocycles. The molecule has 1 aromatic carbocycles. The van der Waals surface area contributed by atoms with E-state index in [0.29, 0.717) is 12.2 Å². The zero-order chi connectivity index (χ0) is 20.1. The number of anilines is 1. The van der Waals surface area contributed by atoms with Gasteiger partial charge in [0.2, 0.25) is 5.91 Å². The molecule has 3 rings (SSSR count). The second-order valence-electron chi connectivity index (χ2n) is 7.31. The highest BCUT2D eigenvalue weighted by Crippen LogP contribution is 2.25. The molecule has 2 aromatic rings. The van der Waals surface area contributed by atoms with Crippen LogP contribution < -0.4 is 5.32 Å². The Morgan fingerprint density at radius 3 is 2.61 bits per heavy atom. The third-order valence-corrected chi connectivity index (χ3v) is 5.50. The molecule has 1 N–H and O–H groups in total. The topological polar surface area (TPSA) is 63.6 Å². The number of benzene rings is 1.